The van der Waals surface area contributed by atoms with Crippen LogP contribution in [0.15, 0.2) is 54.1 Å². The van der Waals surface area contributed by atoms with E-state index in [9.17, 15) is 14.7 Å². The average molecular weight is 364 g/mol. The Morgan fingerprint density at radius 3 is 2.15 bits per heavy atom. The van der Waals surface area contributed by atoms with Gasteiger partial charge in [0, 0.05) is 23.5 Å². The summed E-state index contributed by atoms with van der Waals surface area (Å²) >= 11 is 0. The van der Waals surface area contributed by atoms with E-state index in [-0.39, 0.29) is 11.4 Å². The molecule has 5 nitrogen and oxygen atoms in total. The lowest BCUT2D eigenvalue weighted by Crippen LogP contribution is -2.33. The lowest BCUT2D eigenvalue weighted by Gasteiger charge is -2.29. The minimum Gasteiger partial charge on any atom is -0.503 e. The zero-order valence-corrected chi connectivity index (χ0v) is 16.3. The molecular formula is C22H24N2O3. The third-order valence-electron chi connectivity index (χ3n) is 4.64. The van der Waals surface area contributed by atoms with Crippen LogP contribution in [-0.4, -0.2) is 21.8 Å². The van der Waals surface area contributed by atoms with E-state index in [1.807, 2.05) is 32.0 Å². The molecule has 2 heterocycles. The average Bonchev–Trinajstić information content (AvgIpc) is 2.85. The van der Waals surface area contributed by atoms with Crippen LogP contribution in [-0.2, 0) is 9.59 Å². The maximum atomic E-state index is 13.1. The van der Waals surface area contributed by atoms with E-state index < -0.39 is 23.1 Å². The molecule has 1 aliphatic rings. The maximum Gasteiger partial charge on any atom is 0.294 e. The Bertz CT molecular complexity index is 920. The fourth-order valence-corrected chi connectivity index (χ4v) is 3.46. The van der Waals surface area contributed by atoms with Crippen LogP contribution in [0.25, 0.3) is 0 Å². The Kier molecular flexibility index (Phi) is 4.64. The number of aliphatic hydroxyl groups is 1. The summed E-state index contributed by atoms with van der Waals surface area (Å²) in [7, 11) is 0. The van der Waals surface area contributed by atoms with Crippen molar-refractivity contribution in [2.75, 3.05) is 4.90 Å². The minimum absolute atomic E-state index is 0.137. The zero-order valence-electron chi connectivity index (χ0n) is 16.3. The quantitative estimate of drug-likeness (QED) is 0.885. The smallest absolute Gasteiger partial charge is 0.294 e. The Labute approximate surface area is 159 Å². The number of hydrogen-bond donors (Lipinski definition) is 1. The Balaban J connectivity index is 2.23. The van der Waals surface area contributed by atoms with Gasteiger partial charge in [-0.3, -0.25) is 19.5 Å². The molecule has 0 spiro atoms. The highest BCUT2D eigenvalue weighted by atomic mass is 16.3. The third kappa shape index (κ3) is 3.37. The molecule has 0 radical (unpaired) electrons. The number of Topliss-reactive ketones (excluding diaryl/α,β-unsaturated/α-hetero) is 1. The van der Waals surface area contributed by atoms with Crippen molar-refractivity contribution in [2.45, 2.75) is 40.7 Å². The van der Waals surface area contributed by atoms with Gasteiger partial charge in [-0.05, 0) is 54.8 Å². The Hall–Kier alpha value is -2.95. The van der Waals surface area contributed by atoms with E-state index >= 15 is 0 Å². The van der Waals surface area contributed by atoms with Gasteiger partial charge in [0.2, 0.25) is 0 Å². The van der Waals surface area contributed by atoms with Crippen LogP contribution in [0.3, 0.4) is 0 Å². The SMILES string of the molecule is Cc1cc(C)cc(N2C(=O)C(O)=C(C(=O)C(C)(C)C)C2c2ccncc2)c1. The molecular weight excluding hydrogens is 340 g/mol. The summed E-state index contributed by atoms with van der Waals surface area (Å²) in [6.45, 7) is 9.25. The topological polar surface area (TPSA) is 70.5 Å². The largest absolute Gasteiger partial charge is 0.503 e. The van der Waals surface area contributed by atoms with Gasteiger partial charge in [0.1, 0.15) is 0 Å². The summed E-state index contributed by atoms with van der Waals surface area (Å²) in [6.07, 6.45) is 3.24. The van der Waals surface area contributed by atoms with Gasteiger partial charge in [-0.25, -0.2) is 0 Å². The normalized spacial score (nSPS) is 17.6. The van der Waals surface area contributed by atoms with E-state index in [0.29, 0.717) is 5.69 Å². The number of carbonyl (C=O) groups excluding carboxylic acids is 2. The highest BCUT2D eigenvalue weighted by molar-refractivity contribution is 6.17. The maximum absolute atomic E-state index is 13.1. The molecule has 1 amide bonds. The molecule has 140 valence electrons. The van der Waals surface area contributed by atoms with Crippen molar-refractivity contribution in [1.82, 2.24) is 4.98 Å². The number of ketones is 1. The van der Waals surface area contributed by atoms with Crippen LogP contribution in [0.4, 0.5) is 5.69 Å². The summed E-state index contributed by atoms with van der Waals surface area (Å²) in [5.74, 6) is -1.28. The van der Waals surface area contributed by atoms with Crippen molar-refractivity contribution in [3.05, 3.63) is 70.7 Å². The summed E-state index contributed by atoms with van der Waals surface area (Å²) < 4.78 is 0. The molecule has 0 bridgehead atoms. The first-order chi connectivity index (χ1) is 12.6. The fraction of sp³-hybridized carbons (Fsp3) is 0.318. The van der Waals surface area contributed by atoms with E-state index in [4.69, 9.17) is 0 Å². The Morgan fingerprint density at radius 2 is 1.63 bits per heavy atom. The lowest BCUT2D eigenvalue weighted by atomic mass is 9.82. The second kappa shape index (κ2) is 6.65. The third-order valence-corrected chi connectivity index (χ3v) is 4.64. The molecule has 1 aliphatic heterocycles. The molecule has 1 atom stereocenters. The van der Waals surface area contributed by atoms with Gasteiger partial charge in [0.25, 0.3) is 5.91 Å². The highest BCUT2D eigenvalue weighted by Crippen LogP contribution is 2.43. The van der Waals surface area contributed by atoms with Gasteiger partial charge in [-0.2, -0.15) is 0 Å². The van der Waals surface area contributed by atoms with Crippen molar-refractivity contribution in [3.63, 3.8) is 0 Å². The summed E-state index contributed by atoms with van der Waals surface area (Å²) in [6, 6.07) is 8.63. The van der Waals surface area contributed by atoms with Gasteiger partial charge < -0.3 is 5.11 Å². The summed E-state index contributed by atoms with van der Waals surface area (Å²) in [4.78, 5) is 31.6. The standard InChI is InChI=1S/C22H24N2O3/c1-13-10-14(2)12-16(11-13)24-18(15-6-8-23-9-7-15)17(19(25)21(24)27)20(26)22(3,4)5/h6-12,18,25H,1-5H3. The number of aromatic nitrogens is 1. The highest BCUT2D eigenvalue weighted by Gasteiger charge is 2.46. The predicted molar refractivity (Wildman–Crippen MR) is 104 cm³/mol. The number of amides is 1. The lowest BCUT2D eigenvalue weighted by molar-refractivity contribution is -0.123. The molecule has 0 saturated heterocycles. The van der Waals surface area contributed by atoms with Crippen molar-refractivity contribution in [2.24, 2.45) is 5.41 Å². The van der Waals surface area contributed by atoms with Crippen molar-refractivity contribution in [1.29, 1.82) is 0 Å². The molecule has 1 unspecified atom stereocenters. The van der Waals surface area contributed by atoms with Crippen LogP contribution < -0.4 is 4.90 Å². The van der Waals surface area contributed by atoms with Gasteiger partial charge in [-0.15, -0.1) is 0 Å². The number of aliphatic hydroxyl groups excluding tert-OH is 1. The Morgan fingerprint density at radius 1 is 1.07 bits per heavy atom. The zero-order chi connectivity index (χ0) is 19.9. The molecule has 5 heteroatoms. The van der Waals surface area contributed by atoms with Crippen LogP contribution >= 0.6 is 0 Å². The molecule has 27 heavy (non-hydrogen) atoms. The molecule has 1 N–H and O–H groups in total. The molecule has 0 saturated carbocycles. The van der Waals surface area contributed by atoms with Crippen LogP contribution in [0.1, 0.15) is 43.5 Å². The molecule has 1 aromatic carbocycles. The first kappa shape index (κ1) is 18.8. The number of pyridine rings is 1. The van der Waals surface area contributed by atoms with Crippen molar-refractivity contribution < 1.29 is 14.7 Å². The van der Waals surface area contributed by atoms with Crippen LogP contribution in [0.5, 0.6) is 0 Å². The number of carbonyl (C=O) groups is 2. The number of anilines is 1. The first-order valence-corrected chi connectivity index (χ1v) is 8.91. The number of rotatable bonds is 3. The predicted octanol–water partition coefficient (Wildman–Crippen LogP) is 4.21. The number of nitrogens with zero attached hydrogens (tertiary/aromatic N) is 2. The summed E-state index contributed by atoms with van der Waals surface area (Å²) in [5.41, 5.74) is 2.80. The van der Waals surface area contributed by atoms with Gasteiger partial charge in [0.15, 0.2) is 11.5 Å². The number of hydrogen-bond acceptors (Lipinski definition) is 4. The van der Waals surface area contributed by atoms with Crippen molar-refractivity contribution >= 4 is 17.4 Å². The van der Waals surface area contributed by atoms with Gasteiger partial charge in [0.05, 0.1) is 11.6 Å². The molecule has 0 aliphatic carbocycles. The summed E-state index contributed by atoms with van der Waals surface area (Å²) in [5, 5.41) is 10.6. The van der Waals surface area contributed by atoms with E-state index in [1.54, 1.807) is 45.3 Å². The number of aryl methyl sites for hydroxylation is 2. The van der Waals surface area contributed by atoms with Crippen LogP contribution in [0, 0.1) is 19.3 Å². The van der Waals surface area contributed by atoms with Gasteiger partial charge in [-0.1, -0.05) is 26.8 Å². The molecule has 3 rings (SSSR count). The molecule has 2 aromatic rings. The van der Waals surface area contributed by atoms with Gasteiger partial charge >= 0.3 is 0 Å². The second-order valence-electron chi connectivity index (χ2n) is 8.05. The van der Waals surface area contributed by atoms with E-state index in [2.05, 4.69) is 4.98 Å². The van der Waals surface area contributed by atoms with E-state index in [0.717, 1.165) is 16.7 Å². The van der Waals surface area contributed by atoms with Crippen LogP contribution in [0.2, 0.25) is 0 Å². The molecule has 1 aromatic heterocycles. The fourth-order valence-electron chi connectivity index (χ4n) is 3.46. The number of benzene rings is 1. The minimum atomic E-state index is -0.729. The van der Waals surface area contributed by atoms with Crippen molar-refractivity contribution in [3.8, 4) is 0 Å². The second-order valence-corrected chi connectivity index (χ2v) is 8.05. The molecule has 0 fully saturated rings. The van der Waals surface area contributed by atoms with E-state index in [1.165, 1.54) is 4.90 Å². The first-order valence-electron chi connectivity index (χ1n) is 8.91. The monoisotopic (exact) mass is 364 g/mol.